The second-order valence-corrected chi connectivity index (χ2v) is 10.8. The van der Waals surface area contributed by atoms with Crippen LogP contribution in [-0.2, 0) is 10.0 Å². The first kappa shape index (κ1) is 20.9. The standard InChI is InChI=1S/C21H22FN3O3S2/c1-13-9-14(2)12-25(11-13)30(27,28)17-6-3-15(4-7-17)20(26)24-21-23-18-8-5-16(22)10-19(18)29-21/h3-8,10,13-14H,9,11-12H2,1-2H3,(H,23,24,26). The highest BCUT2D eigenvalue weighted by Gasteiger charge is 2.31. The molecule has 2 aromatic carbocycles. The summed E-state index contributed by atoms with van der Waals surface area (Å²) in [4.78, 5) is 17.0. The molecule has 1 aromatic heterocycles. The molecule has 1 aliphatic rings. The van der Waals surface area contributed by atoms with Gasteiger partial charge in [0.1, 0.15) is 5.82 Å². The summed E-state index contributed by atoms with van der Waals surface area (Å²) < 4.78 is 41.4. The van der Waals surface area contributed by atoms with Gasteiger partial charge in [0.15, 0.2) is 5.13 Å². The van der Waals surface area contributed by atoms with E-state index in [2.05, 4.69) is 24.1 Å². The maximum Gasteiger partial charge on any atom is 0.257 e. The molecule has 0 saturated carbocycles. The Labute approximate surface area is 178 Å². The maximum atomic E-state index is 13.3. The van der Waals surface area contributed by atoms with Crippen LogP contribution in [0.15, 0.2) is 47.4 Å². The van der Waals surface area contributed by atoms with E-state index in [1.54, 1.807) is 6.07 Å². The van der Waals surface area contributed by atoms with Crippen molar-refractivity contribution < 1.29 is 17.6 Å². The van der Waals surface area contributed by atoms with Crippen molar-refractivity contribution in [2.75, 3.05) is 18.4 Å². The van der Waals surface area contributed by atoms with E-state index in [4.69, 9.17) is 0 Å². The number of amides is 1. The summed E-state index contributed by atoms with van der Waals surface area (Å²) in [6.45, 7) is 5.13. The number of aromatic nitrogens is 1. The lowest BCUT2D eigenvalue weighted by molar-refractivity contribution is 0.102. The molecule has 9 heteroatoms. The molecule has 0 aliphatic carbocycles. The van der Waals surface area contributed by atoms with Crippen LogP contribution in [0.25, 0.3) is 10.2 Å². The van der Waals surface area contributed by atoms with Gasteiger partial charge in [0, 0.05) is 18.7 Å². The lowest BCUT2D eigenvalue weighted by Gasteiger charge is -2.34. The van der Waals surface area contributed by atoms with Crippen molar-refractivity contribution in [1.29, 1.82) is 0 Å². The van der Waals surface area contributed by atoms with E-state index in [0.717, 1.165) is 6.42 Å². The average molecular weight is 448 g/mol. The number of piperidine rings is 1. The molecule has 1 fully saturated rings. The molecule has 1 amide bonds. The summed E-state index contributed by atoms with van der Waals surface area (Å²) in [5.41, 5.74) is 0.919. The van der Waals surface area contributed by atoms with Crippen LogP contribution in [0.2, 0.25) is 0 Å². The summed E-state index contributed by atoms with van der Waals surface area (Å²) >= 11 is 1.18. The normalized spacial score (nSPS) is 20.4. The molecular formula is C21H22FN3O3S2. The molecule has 30 heavy (non-hydrogen) atoms. The Balaban J connectivity index is 1.50. The van der Waals surface area contributed by atoms with Crippen LogP contribution in [0.4, 0.5) is 9.52 Å². The fourth-order valence-corrected chi connectivity index (χ4v) is 6.42. The number of sulfonamides is 1. The molecule has 2 heterocycles. The fraction of sp³-hybridized carbons (Fsp3) is 0.333. The van der Waals surface area contributed by atoms with Gasteiger partial charge in [-0.25, -0.2) is 17.8 Å². The summed E-state index contributed by atoms with van der Waals surface area (Å²) in [6, 6.07) is 10.1. The molecule has 0 bridgehead atoms. The number of thiazole rings is 1. The third-order valence-corrected chi connectivity index (χ3v) is 7.94. The van der Waals surface area contributed by atoms with Gasteiger partial charge in [-0.2, -0.15) is 4.31 Å². The smallest absolute Gasteiger partial charge is 0.257 e. The van der Waals surface area contributed by atoms with Crippen LogP contribution in [0.1, 0.15) is 30.6 Å². The van der Waals surface area contributed by atoms with Gasteiger partial charge >= 0.3 is 0 Å². The number of carbonyl (C=O) groups excluding carboxylic acids is 1. The predicted octanol–water partition coefficient (Wildman–Crippen LogP) is 4.35. The van der Waals surface area contributed by atoms with Gasteiger partial charge in [-0.15, -0.1) is 0 Å². The average Bonchev–Trinajstić information content (AvgIpc) is 3.08. The second kappa shape index (κ2) is 8.05. The number of fused-ring (bicyclic) bond motifs is 1. The van der Waals surface area contributed by atoms with E-state index in [0.29, 0.717) is 45.8 Å². The predicted molar refractivity (Wildman–Crippen MR) is 116 cm³/mol. The molecule has 158 valence electrons. The molecule has 4 rings (SSSR count). The number of nitrogens with zero attached hydrogens (tertiary/aromatic N) is 2. The van der Waals surface area contributed by atoms with Crippen LogP contribution in [-0.4, -0.2) is 36.7 Å². The molecule has 6 nitrogen and oxygen atoms in total. The van der Waals surface area contributed by atoms with Crippen LogP contribution < -0.4 is 5.32 Å². The Morgan fingerprint density at radius 1 is 1.13 bits per heavy atom. The van der Waals surface area contributed by atoms with Crippen LogP contribution in [0.3, 0.4) is 0 Å². The van der Waals surface area contributed by atoms with Crippen LogP contribution >= 0.6 is 11.3 Å². The monoisotopic (exact) mass is 447 g/mol. The van der Waals surface area contributed by atoms with Gasteiger partial charge in [0.2, 0.25) is 10.0 Å². The number of nitrogens with one attached hydrogen (secondary N) is 1. The number of benzene rings is 2. The molecule has 1 saturated heterocycles. The first-order chi connectivity index (χ1) is 14.2. The zero-order valence-electron chi connectivity index (χ0n) is 16.6. The highest BCUT2D eigenvalue weighted by atomic mass is 32.2. The molecule has 0 radical (unpaired) electrons. The molecular weight excluding hydrogens is 425 g/mol. The number of hydrogen-bond acceptors (Lipinski definition) is 5. The van der Waals surface area contributed by atoms with Gasteiger partial charge < -0.3 is 0 Å². The maximum absolute atomic E-state index is 13.3. The van der Waals surface area contributed by atoms with Crippen LogP contribution in [0.5, 0.6) is 0 Å². The third kappa shape index (κ3) is 4.23. The summed E-state index contributed by atoms with van der Waals surface area (Å²) in [6.07, 6.45) is 1.02. The first-order valence-corrected chi connectivity index (χ1v) is 12.0. The van der Waals surface area contributed by atoms with Crippen molar-refractivity contribution >= 4 is 42.6 Å². The van der Waals surface area contributed by atoms with Crippen molar-refractivity contribution in [3.05, 3.63) is 53.8 Å². The van der Waals surface area contributed by atoms with Crippen molar-refractivity contribution in [3.8, 4) is 0 Å². The van der Waals surface area contributed by atoms with E-state index < -0.39 is 15.9 Å². The minimum Gasteiger partial charge on any atom is -0.298 e. The van der Waals surface area contributed by atoms with Gasteiger partial charge in [-0.1, -0.05) is 25.2 Å². The molecule has 2 unspecified atom stereocenters. The van der Waals surface area contributed by atoms with E-state index in [1.807, 2.05) is 0 Å². The SMILES string of the molecule is CC1CC(C)CN(S(=O)(=O)c2ccc(C(=O)Nc3nc4ccc(F)cc4s3)cc2)C1. The molecule has 0 spiro atoms. The first-order valence-electron chi connectivity index (χ1n) is 9.70. The number of hydrogen-bond donors (Lipinski definition) is 1. The lowest BCUT2D eigenvalue weighted by atomic mass is 9.94. The minimum absolute atomic E-state index is 0.177. The van der Waals surface area contributed by atoms with E-state index in [9.17, 15) is 17.6 Å². The van der Waals surface area contributed by atoms with Crippen molar-refractivity contribution in [3.63, 3.8) is 0 Å². The zero-order valence-corrected chi connectivity index (χ0v) is 18.3. The number of anilines is 1. The highest BCUT2D eigenvalue weighted by molar-refractivity contribution is 7.89. The molecule has 1 aliphatic heterocycles. The summed E-state index contributed by atoms with van der Waals surface area (Å²) in [5, 5.41) is 3.04. The summed E-state index contributed by atoms with van der Waals surface area (Å²) in [7, 11) is -3.59. The Kier molecular flexibility index (Phi) is 5.61. The number of halogens is 1. The van der Waals surface area contributed by atoms with Crippen molar-refractivity contribution in [1.82, 2.24) is 9.29 Å². The topological polar surface area (TPSA) is 79.4 Å². The van der Waals surface area contributed by atoms with Gasteiger partial charge in [0.25, 0.3) is 5.91 Å². The Morgan fingerprint density at radius 3 is 2.47 bits per heavy atom. The number of carbonyl (C=O) groups is 1. The Bertz CT molecular complexity index is 1180. The van der Waals surface area contributed by atoms with Crippen molar-refractivity contribution in [2.45, 2.75) is 25.2 Å². The second-order valence-electron chi connectivity index (χ2n) is 7.88. The van der Waals surface area contributed by atoms with E-state index in [-0.39, 0.29) is 10.7 Å². The quantitative estimate of drug-likeness (QED) is 0.645. The Hall–Kier alpha value is -2.36. The molecule has 2 atom stereocenters. The third-order valence-electron chi connectivity index (χ3n) is 5.16. The highest BCUT2D eigenvalue weighted by Crippen LogP contribution is 2.28. The molecule has 1 N–H and O–H groups in total. The minimum atomic E-state index is -3.59. The summed E-state index contributed by atoms with van der Waals surface area (Å²) in [5.74, 6) is -0.135. The largest absolute Gasteiger partial charge is 0.298 e. The molecule has 3 aromatic rings. The van der Waals surface area contributed by atoms with Gasteiger partial charge in [-0.3, -0.25) is 10.1 Å². The fourth-order valence-electron chi connectivity index (χ4n) is 3.85. The van der Waals surface area contributed by atoms with E-state index in [1.165, 1.54) is 52.0 Å². The van der Waals surface area contributed by atoms with E-state index >= 15 is 0 Å². The van der Waals surface area contributed by atoms with Crippen LogP contribution in [0, 0.1) is 17.7 Å². The van der Waals surface area contributed by atoms with Crippen molar-refractivity contribution in [2.24, 2.45) is 11.8 Å². The van der Waals surface area contributed by atoms with Gasteiger partial charge in [0.05, 0.1) is 15.1 Å². The zero-order chi connectivity index (χ0) is 21.5. The lowest BCUT2D eigenvalue weighted by Crippen LogP contribution is -2.42. The Morgan fingerprint density at radius 2 is 1.80 bits per heavy atom. The van der Waals surface area contributed by atoms with Gasteiger partial charge in [-0.05, 0) is 60.7 Å². The number of rotatable bonds is 4.